The van der Waals surface area contributed by atoms with Gasteiger partial charge in [0.1, 0.15) is 5.58 Å². The second-order valence-electron chi connectivity index (χ2n) is 5.17. The summed E-state index contributed by atoms with van der Waals surface area (Å²) in [6, 6.07) is 8.03. The number of hydrogen-bond acceptors (Lipinski definition) is 3. The predicted molar refractivity (Wildman–Crippen MR) is 71.4 cm³/mol. The lowest BCUT2D eigenvalue weighted by Crippen LogP contribution is -2.42. The fourth-order valence-corrected chi connectivity index (χ4v) is 2.81. The van der Waals surface area contributed by atoms with Crippen molar-refractivity contribution in [3.8, 4) is 0 Å². The molecule has 0 saturated heterocycles. The zero-order valence-electron chi connectivity index (χ0n) is 10.6. The molecule has 1 heterocycles. The summed E-state index contributed by atoms with van der Waals surface area (Å²) in [6.45, 7) is 0. The van der Waals surface area contributed by atoms with Crippen LogP contribution in [0.25, 0.3) is 11.0 Å². The van der Waals surface area contributed by atoms with Crippen LogP contribution in [-0.2, 0) is 0 Å². The second-order valence-corrected chi connectivity index (χ2v) is 5.17. The number of aliphatic hydroxyl groups is 1. The Kier molecular flexibility index (Phi) is 3.10. The maximum atomic E-state index is 10.5. The number of furan rings is 1. The summed E-state index contributed by atoms with van der Waals surface area (Å²) in [5.74, 6) is 0.595. The Morgan fingerprint density at radius 1 is 1.33 bits per heavy atom. The molecular formula is C15H19NO2. The summed E-state index contributed by atoms with van der Waals surface area (Å²) in [6.07, 6.45) is 4.93. The Labute approximate surface area is 107 Å². The van der Waals surface area contributed by atoms with Crippen LogP contribution in [0.5, 0.6) is 0 Å². The molecule has 96 valence electrons. The number of hydrogen-bond donors (Lipinski definition) is 2. The van der Waals surface area contributed by atoms with Crippen LogP contribution in [0, 0.1) is 5.92 Å². The number of rotatable bonds is 4. The van der Waals surface area contributed by atoms with E-state index >= 15 is 0 Å². The van der Waals surface area contributed by atoms with Crippen LogP contribution >= 0.6 is 0 Å². The molecule has 0 aliphatic heterocycles. The summed E-state index contributed by atoms with van der Waals surface area (Å²) < 4.78 is 5.39. The highest BCUT2D eigenvalue weighted by molar-refractivity contribution is 5.77. The fraction of sp³-hybridized carbons (Fsp3) is 0.467. The summed E-state index contributed by atoms with van der Waals surface area (Å²) in [4.78, 5) is 0. The van der Waals surface area contributed by atoms with E-state index in [4.69, 9.17) is 4.42 Å². The molecule has 3 nitrogen and oxygen atoms in total. The average molecular weight is 245 g/mol. The van der Waals surface area contributed by atoms with Crippen LogP contribution in [0.1, 0.15) is 30.9 Å². The second kappa shape index (κ2) is 4.75. The first kappa shape index (κ1) is 11.8. The van der Waals surface area contributed by atoms with Gasteiger partial charge in [-0.3, -0.25) is 0 Å². The van der Waals surface area contributed by atoms with Crippen LogP contribution in [0.15, 0.2) is 34.9 Å². The highest BCUT2D eigenvalue weighted by atomic mass is 16.3. The van der Waals surface area contributed by atoms with Gasteiger partial charge in [0.25, 0.3) is 0 Å². The molecule has 18 heavy (non-hydrogen) atoms. The summed E-state index contributed by atoms with van der Waals surface area (Å²) >= 11 is 0. The van der Waals surface area contributed by atoms with Crippen molar-refractivity contribution >= 4 is 11.0 Å². The van der Waals surface area contributed by atoms with Gasteiger partial charge >= 0.3 is 0 Å². The van der Waals surface area contributed by atoms with Gasteiger partial charge < -0.3 is 14.8 Å². The lowest BCUT2D eigenvalue weighted by atomic mass is 9.76. The number of benzene rings is 1. The zero-order chi connectivity index (χ0) is 12.5. The van der Waals surface area contributed by atoms with Gasteiger partial charge in [0.15, 0.2) is 0 Å². The van der Waals surface area contributed by atoms with Gasteiger partial charge in [0, 0.05) is 11.4 Å². The molecule has 2 atom stereocenters. The summed E-state index contributed by atoms with van der Waals surface area (Å²) in [5.41, 5.74) is 1.78. The van der Waals surface area contributed by atoms with Crippen molar-refractivity contribution in [3.05, 3.63) is 36.1 Å². The standard InChI is InChI=1S/C15H19NO2/c1-16-14(11-3-2-4-11)15(17)12-6-5-10-7-8-18-13(10)9-12/h5-9,11,14-17H,2-4H2,1H3. The van der Waals surface area contributed by atoms with Crippen molar-refractivity contribution in [1.29, 1.82) is 0 Å². The molecule has 3 heteroatoms. The third-order valence-electron chi connectivity index (χ3n) is 4.15. The Balaban J connectivity index is 1.86. The number of aliphatic hydroxyl groups excluding tert-OH is 1. The molecule has 1 aromatic carbocycles. The minimum absolute atomic E-state index is 0.145. The first-order chi connectivity index (χ1) is 8.79. The van der Waals surface area contributed by atoms with E-state index in [1.807, 2.05) is 31.3 Å². The highest BCUT2D eigenvalue weighted by Gasteiger charge is 2.32. The minimum Gasteiger partial charge on any atom is -0.464 e. The molecule has 0 radical (unpaired) electrons. The molecule has 0 spiro atoms. The summed E-state index contributed by atoms with van der Waals surface area (Å²) in [5, 5.41) is 14.9. The van der Waals surface area contributed by atoms with E-state index in [1.165, 1.54) is 19.3 Å². The smallest absolute Gasteiger partial charge is 0.134 e. The van der Waals surface area contributed by atoms with Crippen LogP contribution in [0.2, 0.25) is 0 Å². The van der Waals surface area contributed by atoms with Crippen molar-refractivity contribution in [2.24, 2.45) is 5.92 Å². The molecule has 0 amide bonds. The first-order valence-electron chi connectivity index (χ1n) is 6.62. The Bertz CT molecular complexity index is 530. The van der Waals surface area contributed by atoms with Crippen LogP contribution < -0.4 is 5.32 Å². The van der Waals surface area contributed by atoms with Crippen LogP contribution in [-0.4, -0.2) is 18.2 Å². The zero-order valence-corrected chi connectivity index (χ0v) is 10.6. The third-order valence-corrected chi connectivity index (χ3v) is 4.15. The maximum absolute atomic E-state index is 10.5. The molecule has 2 unspecified atom stereocenters. The molecule has 1 aliphatic carbocycles. The molecule has 1 aliphatic rings. The molecule has 2 aromatic rings. The van der Waals surface area contributed by atoms with E-state index in [9.17, 15) is 5.11 Å². The van der Waals surface area contributed by atoms with Crippen LogP contribution in [0.4, 0.5) is 0 Å². The number of nitrogens with one attached hydrogen (secondary N) is 1. The molecule has 1 aromatic heterocycles. The molecule has 0 bridgehead atoms. The average Bonchev–Trinajstić information content (AvgIpc) is 2.79. The first-order valence-corrected chi connectivity index (χ1v) is 6.62. The van der Waals surface area contributed by atoms with E-state index in [0.29, 0.717) is 5.92 Å². The fourth-order valence-electron chi connectivity index (χ4n) is 2.81. The van der Waals surface area contributed by atoms with E-state index in [0.717, 1.165) is 16.5 Å². The summed E-state index contributed by atoms with van der Waals surface area (Å²) in [7, 11) is 1.93. The van der Waals surface area contributed by atoms with Crippen LogP contribution in [0.3, 0.4) is 0 Å². The van der Waals surface area contributed by atoms with Gasteiger partial charge in [0.2, 0.25) is 0 Å². The number of fused-ring (bicyclic) bond motifs is 1. The molecule has 2 N–H and O–H groups in total. The van der Waals surface area contributed by atoms with Gasteiger partial charge in [-0.15, -0.1) is 0 Å². The van der Waals surface area contributed by atoms with E-state index in [2.05, 4.69) is 5.32 Å². The maximum Gasteiger partial charge on any atom is 0.134 e. The molecule has 3 rings (SSSR count). The topological polar surface area (TPSA) is 45.4 Å². The van der Waals surface area contributed by atoms with Crippen molar-refractivity contribution in [2.45, 2.75) is 31.4 Å². The Morgan fingerprint density at radius 2 is 2.17 bits per heavy atom. The predicted octanol–water partition coefficient (Wildman–Crippen LogP) is 2.85. The quantitative estimate of drug-likeness (QED) is 0.870. The van der Waals surface area contributed by atoms with E-state index in [-0.39, 0.29) is 6.04 Å². The van der Waals surface area contributed by atoms with Gasteiger partial charge in [-0.05, 0) is 43.5 Å². The van der Waals surface area contributed by atoms with Crippen molar-refractivity contribution in [3.63, 3.8) is 0 Å². The highest BCUT2D eigenvalue weighted by Crippen LogP contribution is 2.35. The Hall–Kier alpha value is -1.32. The SMILES string of the molecule is CNC(C1CCC1)C(O)c1ccc2ccoc2c1. The lowest BCUT2D eigenvalue weighted by Gasteiger charge is -2.36. The van der Waals surface area contributed by atoms with E-state index < -0.39 is 6.10 Å². The lowest BCUT2D eigenvalue weighted by molar-refractivity contribution is 0.0736. The van der Waals surface area contributed by atoms with Crippen molar-refractivity contribution < 1.29 is 9.52 Å². The van der Waals surface area contributed by atoms with Gasteiger partial charge in [-0.25, -0.2) is 0 Å². The normalized spacial score (nSPS) is 19.7. The van der Waals surface area contributed by atoms with Gasteiger partial charge in [-0.1, -0.05) is 18.6 Å². The largest absolute Gasteiger partial charge is 0.464 e. The molecular weight excluding hydrogens is 226 g/mol. The van der Waals surface area contributed by atoms with Gasteiger partial charge in [-0.2, -0.15) is 0 Å². The third kappa shape index (κ3) is 1.93. The minimum atomic E-state index is -0.463. The monoisotopic (exact) mass is 245 g/mol. The number of likely N-dealkylation sites (N-methyl/N-ethyl adjacent to an activating group) is 1. The Morgan fingerprint density at radius 3 is 2.83 bits per heavy atom. The van der Waals surface area contributed by atoms with Crippen molar-refractivity contribution in [1.82, 2.24) is 5.32 Å². The van der Waals surface area contributed by atoms with E-state index in [1.54, 1.807) is 6.26 Å². The molecule has 1 fully saturated rings. The van der Waals surface area contributed by atoms with Crippen molar-refractivity contribution in [2.75, 3.05) is 7.05 Å². The van der Waals surface area contributed by atoms with Gasteiger partial charge in [0.05, 0.1) is 12.4 Å². The molecule has 1 saturated carbocycles.